The average molecular weight is 939 g/mol. The maximum absolute atomic E-state index is 13.4. The van der Waals surface area contributed by atoms with E-state index in [1.165, 1.54) is 24.8 Å². The van der Waals surface area contributed by atoms with Crippen molar-refractivity contribution in [3.63, 3.8) is 0 Å². The molecule has 3 saturated carbocycles. The minimum atomic E-state index is -3.85. The molecule has 0 saturated heterocycles. The fourth-order valence-corrected chi connectivity index (χ4v) is 14.3. The Labute approximate surface area is 384 Å². The zero-order chi connectivity index (χ0) is 46.4. The first-order chi connectivity index (χ1) is 27.6. The second-order valence-corrected chi connectivity index (χ2v) is 33.2. The average Bonchev–Trinajstić information content (AvgIpc) is 3.51. The van der Waals surface area contributed by atoms with Gasteiger partial charge in [0.1, 0.15) is 0 Å². The van der Waals surface area contributed by atoms with Gasteiger partial charge in [-0.3, -0.25) is 4.18 Å². The van der Waals surface area contributed by atoms with Gasteiger partial charge >= 0.3 is 33.9 Å². The third-order valence-corrected chi connectivity index (χ3v) is 26.2. The third-order valence-electron chi connectivity index (χ3n) is 15.8. The van der Waals surface area contributed by atoms with Crippen LogP contribution in [0, 0.1) is 67.3 Å². The second-order valence-electron chi connectivity index (χ2n) is 22.1. The van der Waals surface area contributed by atoms with Crippen molar-refractivity contribution in [3.8, 4) is 0 Å². The van der Waals surface area contributed by atoms with Gasteiger partial charge in [-0.25, -0.2) is 0 Å². The summed E-state index contributed by atoms with van der Waals surface area (Å²) in [6.45, 7) is 51.8. The van der Waals surface area contributed by atoms with Crippen LogP contribution in [0.5, 0.6) is 0 Å². The molecule has 0 radical (unpaired) electrons. The van der Waals surface area contributed by atoms with Crippen LogP contribution < -0.4 is 0 Å². The molecule has 61 heavy (non-hydrogen) atoms. The smallest absolute Gasteiger partial charge is 0 e. The fraction of sp³-hybridized carbons (Fsp3) is 0.735. The Morgan fingerprint density at radius 3 is 1.87 bits per heavy atom. The second kappa shape index (κ2) is 22.3. The standard InChI is InChI=1S/C46H78O5SSi2.3CO.Fe/c1-31(2)17-26-40(50-53(13,14)43(5,6)7)33(4)38-24-25-39-37-23-20-34-29-35(49-52(47,48)36-21-18-32(3)19-22-36)27-28-45(34,11)42(37)41(30-46(38,39)12)51-54(15,16)44(8,9)10;3*1-2;/h18-23,31,33,35,38-42H,17,24-30H2,1-16H3;;;;/t33-,35-,38+,39-,40+,41+,42+,45-,46+;;;;/m0..../s1. The first-order valence-corrected chi connectivity index (χ1v) is 29.2. The van der Waals surface area contributed by atoms with E-state index in [1.807, 2.05) is 19.1 Å². The van der Waals surface area contributed by atoms with E-state index in [1.54, 1.807) is 17.7 Å². The summed E-state index contributed by atoms with van der Waals surface area (Å²) >= 11 is 0. The number of hydrogen-bond acceptors (Lipinski definition) is 5. The van der Waals surface area contributed by atoms with Crippen LogP contribution in [-0.4, -0.2) is 43.4 Å². The number of aryl methyl sites for hydroxylation is 1. The van der Waals surface area contributed by atoms with E-state index in [0.717, 1.165) is 31.2 Å². The molecule has 0 spiro atoms. The first kappa shape index (κ1) is 57.7. The number of hydrogen-bond donors (Lipinski definition) is 0. The summed E-state index contributed by atoms with van der Waals surface area (Å²) in [5.41, 5.74) is 3.98. The van der Waals surface area contributed by atoms with Crippen molar-refractivity contribution in [2.24, 2.45) is 40.4 Å². The Morgan fingerprint density at radius 2 is 1.36 bits per heavy atom. The summed E-state index contributed by atoms with van der Waals surface area (Å²) in [5, 5.41) is 0.270. The van der Waals surface area contributed by atoms with Crippen molar-refractivity contribution in [3.05, 3.63) is 73.1 Å². The van der Waals surface area contributed by atoms with Crippen molar-refractivity contribution in [2.45, 2.75) is 194 Å². The monoisotopic (exact) mass is 938 g/mol. The number of allylic oxidation sites excluding steroid dienone is 2. The van der Waals surface area contributed by atoms with E-state index in [9.17, 15) is 8.42 Å². The van der Waals surface area contributed by atoms with Crippen molar-refractivity contribution >= 4 is 26.8 Å². The van der Waals surface area contributed by atoms with Gasteiger partial charge in [0.2, 0.25) is 0 Å². The van der Waals surface area contributed by atoms with Crippen molar-refractivity contribution in [1.29, 1.82) is 0 Å². The van der Waals surface area contributed by atoms with Gasteiger partial charge in [0.15, 0.2) is 16.6 Å². The third kappa shape index (κ3) is 12.7. The van der Waals surface area contributed by atoms with Gasteiger partial charge in [0.05, 0.1) is 17.1 Å². The van der Waals surface area contributed by atoms with Gasteiger partial charge in [-0.2, -0.15) is 8.42 Å². The zero-order valence-corrected chi connectivity index (χ0v) is 44.2. The van der Waals surface area contributed by atoms with Crippen LogP contribution >= 0.6 is 0 Å². The van der Waals surface area contributed by atoms with Gasteiger partial charge in [-0.1, -0.05) is 117 Å². The van der Waals surface area contributed by atoms with Crippen LogP contribution in [0.15, 0.2) is 52.5 Å². The van der Waals surface area contributed by atoms with Crippen LogP contribution in [0.25, 0.3) is 0 Å². The van der Waals surface area contributed by atoms with Gasteiger partial charge in [-0.05, 0) is 141 Å². The summed E-state index contributed by atoms with van der Waals surface area (Å²) in [7, 11) is -7.96. The zero-order valence-electron chi connectivity index (χ0n) is 40.3. The molecule has 3 fully saturated rings. The Kier molecular flexibility index (Phi) is 21.1. The molecule has 0 amide bonds. The largest absolute Gasteiger partial charge is 0 e. The molecular formula is C49H78FeO8SSi2. The predicted octanol–water partition coefficient (Wildman–Crippen LogP) is 12.9. The molecule has 4 aliphatic rings. The molecule has 0 N–H and O–H groups in total. The Balaban J connectivity index is 0.00000254. The van der Waals surface area contributed by atoms with Gasteiger partial charge in [0, 0.05) is 29.1 Å². The summed E-state index contributed by atoms with van der Waals surface area (Å²) in [6, 6.07) is 7.00. The molecule has 4 aliphatic carbocycles. The van der Waals surface area contributed by atoms with E-state index >= 15 is 0 Å². The van der Waals surface area contributed by atoms with Crippen LogP contribution in [0.4, 0.5) is 0 Å². The summed E-state index contributed by atoms with van der Waals surface area (Å²) in [6.07, 6.45) is 13.0. The molecule has 0 aliphatic heterocycles. The predicted molar refractivity (Wildman–Crippen MR) is 243 cm³/mol. The molecule has 8 nitrogen and oxygen atoms in total. The number of fused-ring (bicyclic) bond motifs is 5. The summed E-state index contributed by atoms with van der Waals surface area (Å²) in [4.78, 5) is 0.238. The fourth-order valence-electron chi connectivity index (χ4n) is 10.4. The molecule has 9 atom stereocenters. The Bertz CT molecular complexity index is 1800. The van der Waals surface area contributed by atoms with Crippen LogP contribution in [0.1, 0.15) is 133 Å². The molecule has 1 aromatic rings. The van der Waals surface area contributed by atoms with Gasteiger partial charge in [-0.15, -0.1) is 0 Å². The number of rotatable bonds is 12. The molecule has 1 aromatic carbocycles. The van der Waals surface area contributed by atoms with Crippen molar-refractivity contribution in [2.75, 3.05) is 0 Å². The molecule has 0 unspecified atom stereocenters. The molecule has 0 aromatic heterocycles. The Morgan fingerprint density at radius 1 is 0.820 bits per heavy atom. The quantitative estimate of drug-likeness (QED) is 0.0894. The first-order valence-electron chi connectivity index (χ1n) is 22.0. The summed E-state index contributed by atoms with van der Waals surface area (Å²) in [5.74, 6) is 2.48. The normalized spacial score (nSPS) is 28.4. The van der Waals surface area contributed by atoms with Gasteiger partial charge < -0.3 is 8.85 Å². The topological polar surface area (TPSA) is 122 Å². The van der Waals surface area contributed by atoms with E-state index < -0.39 is 26.8 Å². The summed E-state index contributed by atoms with van der Waals surface area (Å²) < 4.78 is 70.4. The maximum Gasteiger partial charge on any atom is 0 e. The number of benzene rings is 1. The minimum Gasteiger partial charge on any atom is 0 e. The molecule has 344 valence electrons. The van der Waals surface area contributed by atoms with E-state index in [4.69, 9.17) is 27.0 Å². The van der Waals surface area contributed by atoms with E-state index in [2.05, 4.69) is 134 Å². The van der Waals surface area contributed by atoms with Crippen LogP contribution in [0.3, 0.4) is 0 Å². The van der Waals surface area contributed by atoms with Crippen LogP contribution in [-0.2, 0) is 54.2 Å². The van der Waals surface area contributed by atoms with E-state index in [-0.39, 0.29) is 67.1 Å². The van der Waals surface area contributed by atoms with Crippen molar-refractivity contribution in [1.82, 2.24) is 0 Å². The van der Waals surface area contributed by atoms with Gasteiger partial charge in [0.25, 0.3) is 10.1 Å². The maximum atomic E-state index is 13.4. The Hall–Kier alpha value is -1.30. The minimum absolute atomic E-state index is 0. The van der Waals surface area contributed by atoms with E-state index in [0.29, 0.717) is 30.1 Å². The van der Waals surface area contributed by atoms with Crippen molar-refractivity contribution < 1.29 is 52.5 Å². The SMILES string of the molecule is Cc1ccc(S(=O)(=O)O[C@H]2CC[C@@]3(C)C(=CC=C4[C@@H]3[C@H](O[Si](C)(C)C(C)(C)C)C[C@]3(C)[C@@H]([C@H](C)[C@@H](CCC(C)C)O[Si](C)(C)C(C)(C)C)CC[C@@H]43)C2)cc1.[C-]#[O+].[C-]#[O+].[C-]#[O+].[Fe]. The molecule has 5 rings (SSSR count). The molecule has 12 heteroatoms. The molecular weight excluding hydrogens is 861 g/mol. The molecule has 0 bridgehead atoms. The van der Waals surface area contributed by atoms with Crippen LogP contribution in [0.2, 0.25) is 36.3 Å². The molecule has 0 heterocycles.